The summed E-state index contributed by atoms with van der Waals surface area (Å²) in [7, 11) is 0. The van der Waals surface area contributed by atoms with E-state index in [-0.39, 0.29) is 12.5 Å². The lowest BCUT2D eigenvalue weighted by molar-refractivity contribution is 0.0749. The summed E-state index contributed by atoms with van der Waals surface area (Å²) in [5, 5.41) is 10.8. The second kappa shape index (κ2) is 7.09. The first-order valence-electron chi connectivity index (χ1n) is 6.97. The van der Waals surface area contributed by atoms with Crippen molar-refractivity contribution in [1.29, 1.82) is 0 Å². The zero-order chi connectivity index (χ0) is 14.4. The number of rotatable bonds is 2. The molecule has 1 fully saturated rings. The Morgan fingerprint density at radius 2 is 2.10 bits per heavy atom. The number of aliphatic hydroxyl groups excluding tert-OH is 1. The Morgan fingerprint density at radius 3 is 2.80 bits per heavy atom. The van der Waals surface area contributed by atoms with Crippen molar-refractivity contribution < 1.29 is 9.90 Å². The second-order valence-corrected chi connectivity index (χ2v) is 5.00. The van der Waals surface area contributed by atoms with Crippen LogP contribution >= 0.6 is 0 Å². The molecule has 2 N–H and O–H groups in total. The van der Waals surface area contributed by atoms with E-state index in [2.05, 4.69) is 17.3 Å². The Labute approximate surface area is 119 Å². The summed E-state index contributed by atoms with van der Waals surface area (Å²) >= 11 is 0. The van der Waals surface area contributed by atoms with Crippen molar-refractivity contribution in [1.82, 2.24) is 10.4 Å². The van der Waals surface area contributed by atoms with Gasteiger partial charge in [-0.2, -0.15) is 0 Å². The van der Waals surface area contributed by atoms with Gasteiger partial charge in [-0.05, 0) is 31.9 Å². The molecule has 1 aromatic rings. The Morgan fingerprint density at radius 1 is 1.35 bits per heavy atom. The van der Waals surface area contributed by atoms with E-state index in [9.17, 15) is 4.79 Å². The normalized spacial score (nSPS) is 15.3. The highest BCUT2D eigenvalue weighted by atomic mass is 16.2. The fourth-order valence-corrected chi connectivity index (χ4v) is 2.30. The maximum atomic E-state index is 12.4. The molecule has 0 bridgehead atoms. The minimum Gasteiger partial charge on any atom is -0.384 e. The minimum absolute atomic E-state index is 0.127. The molecule has 4 heteroatoms. The highest BCUT2D eigenvalue weighted by molar-refractivity contribution is 5.96. The van der Waals surface area contributed by atoms with E-state index in [1.807, 2.05) is 30.1 Å². The molecule has 1 amide bonds. The lowest BCUT2D eigenvalue weighted by Gasteiger charge is -2.27. The number of hydrogen-bond acceptors (Lipinski definition) is 3. The van der Waals surface area contributed by atoms with Crippen molar-refractivity contribution in [2.24, 2.45) is 0 Å². The number of piperidine rings is 1. The van der Waals surface area contributed by atoms with Crippen LogP contribution in [0.5, 0.6) is 0 Å². The molecule has 1 aliphatic heterocycles. The largest absolute Gasteiger partial charge is 0.384 e. The van der Waals surface area contributed by atoms with Crippen molar-refractivity contribution >= 4 is 5.91 Å². The van der Waals surface area contributed by atoms with Gasteiger partial charge in [0, 0.05) is 18.7 Å². The molecule has 20 heavy (non-hydrogen) atoms. The van der Waals surface area contributed by atoms with Crippen molar-refractivity contribution in [2.75, 3.05) is 19.7 Å². The number of amides is 1. The minimum atomic E-state index is -0.207. The van der Waals surface area contributed by atoms with E-state index in [1.165, 1.54) is 6.42 Å². The van der Waals surface area contributed by atoms with Crippen LogP contribution in [-0.4, -0.2) is 35.7 Å². The highest BCUT2D eigenvalue weighted by Crippen LogP contribution is 2.12. The van der Waals surface area contributed by atoms with Crippen molar-refractivity contribution in [2.45, 2.75) is 26.2 Å². The summed E-state index contributed by atoms with van der Waals surface area (Å²) in [6.07, 6.45) is 3.46. The van der Waals surface area contributed by atoms with E-state index in [1.54, 1.807) is 0 Å². The predicted octanol–water partition coefficient (Wildman–Crippen LogP) is 1.47. The van der Waals surface area contributed by atoms with Crippen LogP contribution in [0.15, 0.2) is 18.2 Å². The number of aryl methyl sites for hydroxylation is 1. The molecule has 106 valence electrons. The van der Waals surface area contributed by atoms with Crippen LogP contribution in [0.4, 0.5) is 0 Å². The second-order valence-electron chi connectivity index (χ2n) is 5.00. The number of carbonyl (C=O) groups is 1. The van der Waals surface area contributed by atoms with Crippen LogP contribution in [0.3, 0.4) is 0 Å². The number of benzene rings is 1. The number of hydrogen-bond donors (Lipinski definition) is 2. The summed E-state index contributed by atoms with van der Waals surface area (Å²) in [5.41, 5.74) is 5.18. The number of nitrogens with zero attached hydrogens (tertiary/aromatic N) is 1. The summed E-state index contributed by atoms with van der Waals surface area (Å²) in [5.74, 6) is 5.30. The van der Waals surface area contributed by atoms with Gasteiger partial charge < -0.3 is 5.11 Å². The fourth-order valence-electron chi connectivity index (χ4n) is 2.30. The van der Waals surface area contributed by atoms with Gasteiger partial charge in [0.2, 0.25) is 0 Å². The maximum absolute atomic E-state index is 12.4. The molecule has 0 radical (unpaired) electrons. The van der Waals surface area contributed by atoms with E-state index >= 15 is 0 Å². The average Bonchev–Trinajstić information content (AvgIpc) is 2.47. The fraction of sp³-hybridized carbons (Fsp3) is 0.438. The average molecular weight is 272 g/mol. The summed E-state index contributed by atoms with van der Waals surface area (Å²) in [4.78, 5) is 12.4. The molecule has 0 aromatic heterocycles. The van der Waals surface area contributed by atoms with Gasteiger partial charge in [0.05, 0.1) is 5.56 Å². The molecule has 0 unspecified atom stereocenters. The molecular formula is C16H20N2O2. The van der Waals surface area contributed by atoms with Crippen molar-refractivity contribution in [3.63, 3.8) is 0 Å². The van der Waals surface area contributed by atoms with Gasteiger partial charge in [-0.3, -0.25) is 10.2 Å². The van der Waals surface area contributed by atoms with Crippen LogP contribution in [-0.2, 0) is 0 Å². The smallest absolute Gasteiger partial charge is 0.266 e. The maximum Gasteiger partial charge on any atom is 0.266 e. The van der Waals surface area contributed by atoms with Gasteiger partial charge in [0.1, 0.15) is 6.61 Å². The molecule has 0 atom stereocenters. The third-order valence-electron chi connectivity index (χ3n) is 3.34. The first kappa shape index (κ1) is 14.6. The summed E-state index contributed by atoms with van der Waals surface area (Å²) < 4.78 is 0. The molecule has 1 aliphatic rings. The highest BCUT2D eigenvalue weighted by Gasteiger charge is 2.16. The van der Waals surface area contributed by atoms with Gasteiger partial charge in [0.25, 0.3) is 5.91 Å². The van der Waals surface area contributed by atoms with Gasteiger partial charge in [-0.1, -0.05) is 29.9 Å². The van der Waals surface area contributed by atoms with Gasteiger partial charge >= 0.3 is 0 Å². The Bertz CT molecular complexity index is 537. The SMILES string of the molecule is Cc1ccc(C#CCO)c(C(=O)NN2CCCCC2)c1. The lowest BCUT2D eigenvalue weighted by atomic mass is 10.0. The predicted molar refractivity (Wildman–Crippen MR) is 78.0 cm³/mol. The number of nitrogens with one attached hydrogen (secondary N) is 1. The van der Waals surface area contributed by atoms with E-state index < -0.39 is 0 Å². The molecule has 0 spiro atoms. The molecule has 2 rings (SSSR count). The number of hydrazine groups is 1. The molecule has 0 aliphatic carbocycles. The van der Waals surface area contributed by atoms with Crippen LogP contribution in [0.25, 0.3) is 0 Å². The van der Waals surface area contributed by atoms with Crippen LogP contribution < -0.4 is 5.43 Å². The molecule has 1 heterocycles. The van der Waals surface area contributed by atoms with E-state index in [0.29, 0.717) is 11.1 Å². The summed E-state index contributed by atoms with van der Waals surface area (Å²) in [6, 6.07) is 5.57. The molecule has 0 saturated carbocycles. The van der Waals surface area contributed by atoms with Gasteiger partial charge in [0.15, 0.2) is 0 Å². The zero-order valence-electron chi connectivity index (χ0n) is 11.8. The Balaban J connectivity index is 2.16. The summed E-state index contributed by atoms with van der Waals surface area (Å²) in [6.45, 7) is 3.53. The van der Waals surface area contributed by atoms with Crippen LogP contribution in [0.2, 0.25) is 0 Å². The Hall–Kier alpha value is -1.83. The van der Waals surface area contributed by atoms with Gasteiger partial charge in [-0.25, -0.2) is 5.01 Å². The molecule has 1 aromatic carbocycles. The van der Waals surface area contributed by atoms with Gasteiger partial charge in [-0.15, -0.1) is 0 Å². The van der Waals surface area contributed by atoms with Crippen LogP contribution in [0.1, 0.15) is 40.7 Å². The molecule has 4 nitrogen and oxygen atoms in total. The molecule has 1 saturated heterocycles. The van der Waals surface area contributed by atoms with Crippen molar-refractivity contribution in [3.05, 3.63) is 34.9 Å². The number of aliphatic hydroxyl groups is 1. The standard InChI is InChI=1S/C16H20N2O2/c1-13-7-8-14(6-5-11-19)15(12-13)16(20)17-18-9-3-2-4-10-18/h7-8,12,19H,2-4,9-11H2,1H3,(H,17,20). The van der Waals surface area contributed by atoms with Crippen LogP contribution in [0, 0.1) is 18.8 Å². The number of carbonyl (C=O) groups excluding carboxylic acids is 1. The third-order valence-corrected chi connectivity index (χ3v) is 3.34. The molecular weight excluding hydrogens is 252 g/mol. The topological polar surface area (TPSA) is 52.6 Å². The quantitative estimate of drug-likeness (QED) is 0.802. The first-order valence-corrected chi connectivity index (χ1v) is 6.97. The van der Waals surface area contributed by atoms with E-state index in [4.69, 9.17) is 5.11 Å². The van der Waals surface area contributed by atoms with Crippen molar-refractivity contribution in [3.8, 4) is 11.8 Å². The first-order chi connectivity index (χ1) is 9.70. The zero-order valence-corrected chi connectivity index (χ0v) is 11.8. The monoisotopic (exact) mass is 272 g/mol. The third kappa shape index (κ3) is 3.83. The van der Waals surface area contributed by atoms with E-state index in [0.717, 1.165) is 31.5 Å². The lowest BCUT2D eigenvalue weighted by Crippen LogP contribution is -2.45. The Kier molecular flexibility index (Phi) is 5.16.